The van der Waals surface area contributed by atoms with Gasteiger partial charge in [-0.1, -0.05) is 45.4 Å². The fourth-order valence-corrected chi connectivity index (χ4v) is 4.49. The fourth-order valence-electron chi connectivity index (χ4n) is 4.49. The predicted molar refractivity (Wildman–Crippen MR) is 168 cm³/mol. The van der Waals surface area contributed by atoms with Crippen molar-refractivity contribution in [2.45, 2.75) is 52.8 Å². The first kappa shape index (κ1) is 35.6. The third-order valence-electron chi connectivity index (χ3n) is 6.72. The quantitative estimate of drug-likeness (QED) is 0.0748. The van der Waals surface area contributed by atoms with Gasteiger partial charge >= 0.3 is 18.2 Å². The molecular weight excluding hydrogens is 606 g/mol. The van der Waals surface area contributed by atoms with Gasteiger partial charge in [-0.3, -0.25) is 14.6 Å². The first-order valence-corrected chi connectivity index (χ1v) is 14.8. The number of fused-ring (bicyclic) bond motifs is 1. The number of carbonyl (C=O) groups excluding carboxylic acids is 2. The molecule has 8 nitrogen and oxygen atoms in total. The van der Waals surface area contributed by atoms with Crippen LogP contribution in [0.4, 0.5) is 23.2 Å². The lowest BCUT2D eigenvalue weighted by Gasteiger charge is -2.16. The van der Waals surface area contributed by atoms with E-state index >= 15 is 0 Å². The summed E-state index contributed by atoms with van der Waals surface area (Å²) in [5.74, 6) is -2.14. The molecule has 2 amide bonds. The number of halogens is 4. The number of anilines is 1. The van der Waals surface area contributed by atoms with Crippen molar-refractivity contribution in [3.63, 3.8) is 0 Å². The van der Waals surface area contributed by atoms with E-state index in [1.807, 2.05) is 12.1 Å². The molecule has 1 aromatic heterocycles. The summed E-state index contributed by atoms with van der Waals surface area (Å²) in [6.07, 6.45) is 4.78. The predicted octanol–water partition coefficient (Wildman–Crippen LogP) is 8.37. The smallest absolute Gasteiger partial charge is 0.493 e. The zero-order chi connectivity index (χ0) is 33.7. The number of hydrogen-bond donors (Lipinski definition) is 2. The van der Waals surface area contributed by atoms with Gasteiger partial charge in [0.05, 0.1) is 12.1 Å². The van der Waals surface area contributed by atoms with Crippen LogP contribution < -0.4 is 20.1 Å². The molecule has 0 aliphatic rings. The molecule has 0 aliphatic heterocycles. The lowest BCUT2D eigenvalue weighted by atomic mass is 9.99. The molecule has 0 saturated heterocycles. The number of allylic oxidation sites excluding steroid dienone is 2. The molecule has 2 aromatic carbocycles. The number of alkyl halides is 3. The molecule has 0 spiro atoms. The Morgan fingerprint density at radius 1 is 1.00 bits per heavy atom. The largest absolute Gasteiger partial charge is 0.573 e. The summed E-state index contributed by atoms with van der Waals surface area (Å²) in [6.45, 7) is 9.48. The lowest BCUT2D eigenvalue weighted by molar-refractivity contribution is -0.303. The Kier molecular flexibility index (Phi) is 13.2. The van der Waals surface area contributed by atoms with Crippen molar-refractivity contribution in [2.75, 3.05) is 18.5 Å². The minimum atomic E-state index is -4.88. The summed E-state index contributed by atoms with van der Waals surface area (Å²) in [7, 11) is 0. The van der Waals surface area contributed by atoms with E-state index in [0.29, 0.717) is 40.5 Å². The number of nitrogens with zero attached hydrogens (tertiary/aromatic N) is 1. The van der Waals surface area contributed by atoms with Crippen LogP contribution >= 0.6 is 0 Å². The Balaban J connectivity index is 1.59. The van der Waals surface area contributed by atoms with Crippen LogP contribution in [-0.2, 0) is 14.3 Å². The zero-order valence-corrected chi connectivity index (χ0v) is 25.9. The van der Waals surface area contributed by atoms with Crippen molar-refractivity contribution in [3.05, 3.63) is 90.6 Å². The van der Waals surface area contributed by atoms with Gasteiger partial charge in [0, 0.05) is 35.9 Å². The molecule has 0 fully saturated rings. The lowest BCUT2D eigenvalue weighted by Crippen LogP contribution is -2.36. The third kappa shape index (κ3) is 11.2. The molecule has 1 heterocycles. The van der Waals surface area contributed by atoms with Gasteiger partial charge in [-0.2, -0.15) is 0 Å². The number of ether oxygens (including phenoxy) is 3. The molecule has 0 saturated carbocycles. The molecule has 3 aromatic rings. The summed E-state index contributed by atoms with van der Waals surface area (Å²) in [6, 6.07) is 10.7. The van der Waals surface area contributed by atoms with Crippen molar-refractivity contribution in [3.8, 4) is 17.2 Å². The fraction of sp³-hybridized carbons (Fsp3) is 0.324. The second-order valence-corrected chi connectivity index (χ2v) is 10.3. The van der Waals surface area contributed by atoms with E-state index in [4.69, 9.17) is 9.47 Å². The van der Waals surface area contributed by atoms with E-state index in [2.05, 4.69) is 40.8 Å². The van der Waals surface area contributed by atoms with Crippen LogP contribution in [0.25, 0.3) is 10.9 Å². The van der Waals surface area contributed by atoms with Crippen molar-refractivity contribution in [1.29, 1.82) is 0 Å². The molecule has 0 bridgehead atoms. The van der Waals surface area contributed by atoms with Gasteiger partial charge in [0.25, 0.3) is 0 Å². The average Bonchev–Trinajstić information content (AvgIpc) is 3.00. The van der Waals surface area contributed by atoms with Crippen LogP contribution in [0.15, 0.2) is 84.8 Å². The number of carbonyl (C=O) groups is 2. The maximum Gasteiger partial charge on any atom is 0.573 e. The minimum absolute atomic E-state index is 0.00239. The monoisotopic (exact) mass is 643 g/mol. The maximum atomic E-state index is 15.0. The van der Waals surface area contributed by atoms with E-state index in [9.17, 15) is 27.2 Å². The van der Waals surface area contributed by atoms with Crippen molar-refractivity contribution in [1.82, 2.24) is 10.3 Å². The molecule has 12 heteroatoms. The Hall–Kier alpha value is -4.87. The van der Waals surface area contributed by atoms with Crippen LogP contribution in [0.1, 0.15) is 46.5 Å². The molecule has 0 unspecified atom stereocenters. The maximum absolute atomic E-state index is 15.0. The molecule has 0 radical (unpaired) electrons. The highest BCUT2D eigenvalue weighted by Crippen LogP contribution is 2.33. The number of amides is 2. The van der Waals surface area contributed by atoms with Crippen molar-refractivity contribution >= 4 is 28.4 Å². The summed E-state index contributed by atoms with van der Waals surface area (Å²) >= 11 is 0. The van der Waals surface area contributed by atoms with Crippen LogP contribution in [-0.4, -0.2) is 36.3 Å². The Labute approximate surface area is 265 Å². The number of aromatic nitrogens is 1. The highest BCUT2D eigenvalue weighted by atomic mass is 19.4. The highest BCUT2D eigenvalue weighted by molar-refractivity contribution is 6.39. The number of nitrogens with one attached hydrogen (secondary N) is 2. The van der Waals surface area contributed by atoms with Gasteiger partial charge in [-0.05, 0) is 67.7 Å². The van der Waals surface area contributed by atoms with Gasteiger partial charge < -0.3 is 24.8 Å². The second-order valence-electron chi connectivity index (χ2n) is 10.3. The molecule has 246 valence electrons. The molecule has 0 aliphatic carbocycles. The van der Waals surface area contributed by atoms with Gasteiger partial charge in [0.2, 0.25) is 0 Å². The SMILES string of the molecule is C=C(/C=C\C(=C/C)CNC(=O)C(=O)Nc1ccc(Oc2ccnc3cc(OCC(CCC)CCC)ccc23)c(F)c1)OC(F)(F)F. The normalized spacial score (nSPS) is 12.0. The number of benzene rings is 2. The number of pyridine rings is 1. The van der Waals surface area contributed by atoms with Crippen LogP contribution in [0.2, 0.25) is 0 Å². The Morgan fingerprint density at radius 3 is 2.39 bits per heavy atom. The van der Waals surface area contributed by atoms with E-state index in [0.717, 1.165) is 37.8 Å². The van der Waals surface area contributed by atoms with Crippen LogP contribution in [0.5, 0.6) is 17.2 Å². The van der Waals surface area contributed by atoms with E-state index in [1.54, 1.807) is 25.3 Å². The number of rotatable bonds is 15. The standard InChI is InChI=1S/C34H37F4N3O5/c1-5-8-24(9-6-2)21-44-26-13-14-27-29(19-26)39-17-16-30(27)45-31-15-12-25(18-28(31)35)41-33(43)32(42)40-20-23(7-3)11-10-22(4)46-34(36,37)38/h7,10-19,24H,4-6,8-9,20-21H2,1-3H3,(H,40,42)(H,41,43)/b11-10-,23-7+. The minimum Gasteiger partial charge on any atom is -0.493 e. The Morgan fingerprint density at radius 2 is 1.74 bits per heavy atom. The van der Waals surface area contributed by atoms with Crippen molar-refractivity contribution in [2.24, 2.45) is 5.92 Å². The van der Waals surface area contributed by atoms with E-state index in [1.165, 1.54) is 24.3 Å². The summed E-state index contributed by atoms with van der Waals surface area (Å²) < 4.78 is 67.3. The van der Waals surface area contributed by atoms with Crippen molar-refractivity contribution < 1.29 is 41.4 Å². The van der Waals surface area contributed by atoms with Gasteiger partial charge in [0.1, 0.15) is 17.3 Å². The Bertz CT molecular complexity index is 1580. The van der Waals surface area contributed by atoms with Gasteiger partial charge in [-0.25, -0.2) is 4.39 Å². The summed E-state index contributed by atoms with van der Waals surface area (Å²) in [4.78, 5) is 29.0. The average molecular weight is 644 g/mol. The molecular formula is C34H37F4N3O5. The summed E-state index contributed by atoms with van der Waals surface area (Å²) in [5.41, 5.74) is 0.993. The first-order valence-electron chi connectivity index (χ1n) is 14.8. The second kappa shape index (κ2) is 17.0. The first-order chi connectivity index (χ1) is 21.9. The topological polar surface area (TPSA) is 98.8 Å². The highest BCUT2D eigenvalue weighted by Gasteiger charge is 2.30. The van der Waals surface area contributed by atoms with E-state index < -0.39 is 29.8 Å². The van der Waals surface area contributed by atoms with Gasteiger partial charge in [-0.15, -0.1) is 13.2 Å². The zero-order valence-electron chi connectivity index (χ0n) is 25.9. The molecule has 46 heavy (non-hydrogen) atoms. The molecule has 2 N–H and O–H groups in total. The summed E-state index contributed by atoms with van der Waals surface area (Å²) in [5, 5.41) is 5.28. The van der Waals surface area contributed by atoms with Crippen LogP contribution in [0.3, 0.4) is 0 Å². The molecule has 0 atom stereocenters. The number of hydrogen-bond acceptors (Lipinski definition) is 6. The van der Waals surface area contributed by atoms with Gasteiger partial charge in [0.15, 0.2) is 11.6 Å². The molecule has 3 rings (SSSR count). The third-order valence-corrected chi connectivity index (χ3v) is 6.72. The van der Waals surface area contributed by atoms with E-state index in [-0.39, 0.29) is 18.0 Å². The van der Waals surface area contributed by atoms with Crippen LogP contribution in [0, 0.1) is 11.7 Å².